The van der Waals surface area contributed by atoms with Crippen LogP contribution in [0.4, 0.5) is 0 Å². The van der Waals surface area contributed by atoms with Crippen LogP contribution in [0.3, 0.4) is 0 Å². The predicted octanol–water partition coefficient (Wildman–Crippen LogP) is 1.96. The molecule has 0 aromatic heterocycles. The monoisotopic (exact) mass is 279 g/mol. The van der Waals surface area contributed by atoms with Crippen molar-refractivity contribution < 1.29 is 9.59 Å². The first-order valence-electron chi connectivity index (χ1n) is 7.54. The van der Waals surface area contributed by atoms with Crippen LogP contribution in [0.5, 0.6) is 0 Å². The number of carbonyl (C=O) groups is 2. The fourth-order valence-electron chi connectivity index (χ4n) is 2.80. The second-order valence-corrected chi connectivity index (χ2v) is 5.65. The number of nitriles is 1. The summed E-state index contributed by atoms with van der Waals surface area (Å²) in [7, 11) is 0. The summed E-state index contributed by atoms with van der Waals surface area (Å²) in [4.78, 5) is 25.4. The van der Waals surface area contributed by atoms with E-state index in [0.29, 0.717) is 19.4 Å². The van der Waals surface area contributed by atoms with E-state index >= 15 is 0 Å². The molecule has 1 aliphatic carbocycles. The summed E-state index contributed by atoms with van der Waals surface area (Å²) in [5.74, 6) is -0.717. The summed E-state index contributed by atoms with van der Waals surface area (Å²) < 4.78 is 0. The van der Waals surface area contributed by atoms with E-state index in [1.807, 2.05) is 6.92 Å². The van der Waals surface area contributed by atoms with Gasteiger partial charge in [0.05, 0.1) is 12.6 Å². The average molecular weight is 279 g/mol. The number of unbranched alkanes of at least 4 members (excludes halogenated alkanes) is 1. The first kappa shape index (κ1) is 16.5. The van der Waals surface area contributed by atoms with Gasteiger partial charge in [-0.05, 0) is 19.3 Å². The van der Waals surface area contributed by atoms with Crippen LogP contribution in [0.1, 0.15) is 58.3 Å². The molecule has 2 amide bonds. The summed E-state index contributed by atoms with van der Waals surface area (Å²) in [6.07, 6.45) is 6.90. The van der Waals surface area contributed by atoms with Gasteiger partial charge >= 0.3 is 0 Å². The van der Waals surface area contributed by atoms with Crippen LogP contribution >= 0.6 is 0 Å². The number of rotatable bonds is 6. The maximum atomic E-state index is 12.7. The standard InChI is InChI=1S/C15H25N3O2/c1-2-3-10-18(11-13(17)19)14(20)15(12-16)8-6-4-5-7-9-15/h2-11H2,1H3,(H2,17,19). The zero-order valence-electron chi connectivity index (χ0n) is 12.4. The Morgan fingerprint density at radius 2 is 1.85 bits per heavy atom. The highest BCUT2D eigenvalue weighted by atomic mass is 16.2. The van der Waals surface area contributed by atoms with Gasteiger partial charge < -0.3 is 10.6 Å². The van der Waals surface area contributed by atoms with Crippen LogP contribution in [0, 0.1) is 16.7 Å². The Balaban J connectivity index is 2.88. The van der Waals surface area contributed by atoms with E-state index in [-0.39, 0.29) is 12.5 Å². The molecule has 0 aromatic rings. The molecule has 1 saturated carbocycles. The molecule has 0 heterocycles. The molecule has 5 heteroatoms. The Hall–Kier alpha value is -1.57. The fourth-order valence-corrected chi connectivity index (χ4v) is 2.80. The third-order valence-corrected chi connectivity index (χ3v) is 4.00. The van der Waals surface area contributed by atoms with E-state index in [9.17, 15) is 14.9 Å². The van der Waals surface area contributed by atoms with Gasteiger partial charge in [0.15, 0.2) is 0 Å². The van der Waals surface area contributed by atoms with Gasteiger partial charge in [-0.15, -0.1) is 0 Å². The number of amides is 2. The van der Waals surface area contributed by atoms with Gasteiger partial charge in [-0.25, -0.2) is 0 Å². The first-order valence-corrected chi connectivity index (χ1v) is 7.54. The van der Waals surface area contributed by atoms with Crippen molar-refractivity contribution in [3.05, 3.63) is 0 Å². The molecule has 1 rings (SSSR count). The molecule has 0 radical (unpaired) electrons. The number of hydrogen-bond acceptors (Lipinski definition) is 3. The fraction of sp³-hybridized carbons (Fsp3) is 0.800. The summed E-state index contributed by atoms with van der Waals surface area (Å²) >= 11 is 0. The Kier molecular flexibility index (Phi) is 6.50. The van der Waals surface area contributed by atoms with Crippen LogP contribution in [0.15, 0.2) is 0 Å². The molecule has 20 heavy (non-hydrogen) atoms. The largest absolute Gasteiger partial charge is 0.368 e. The van der Waals surface area contributed by atoms with Gasteiger partial charge in [-0.2, -0.15) is 5.26 Å². The highest BCUT2D eigenvalue weighted by molar-refractivity contribution is 5.89. The van der Waals surface area contributed by atoms with Crippen LogP contribution in [-0.2, 0) is 9.59 Å². The quantitative estimate of drug-likeness (QED) is 0.754. The highest BCUT2D eigenvalue weighted by Gasteiger charge is 2.41. The SMILES string of the molecule is CCCCN(CC(N)=O)C(=O)C1(C#N)CCCCCC1. The van der Waals surface area contributed by atoms with Crippen molar-refractivity contribution in [1.82, 2.24) is 4.90 Å². The van der Waals surface area contributed by atoms with Gasteiger partial charge in [-0.1, -0.05) is 39.0 Å². The minimum Gasteiger partial charge on any atom is -0.368 e. The van der Waals surface area contributed by atoms with E-state index in [4.69, 9.17) is 5.73 Å². The van der Waals surface area contributed by atoms with Crippen LogP contribution < -0.4 is 5.73 Å². The first-order chi connectivity index (χ1) is 9.55. The molecule has 0 aliphatic heterocycles. The Morgan fingerprint density at radius 3 is 2.30 bits per heavy atom. The van der Waals surface area contributed by atoms with Crippen LogP contribution in [0.25, 0.3) is 0 Å². The summed E-state index contributed by atoms with van der Waals surface area (Å²) in [6.45, 7) is 2.45. The predicted molar refractivity (Wildman–Crippen MR) is 76.4 cm³/mol. The molecule has 1 aliphatic rings. The Labute approximate surface area is 121 Å². The average Bonchev–Trinajstić information content (AvgIpc) is 2.68. The molecular weight excluding hydrogens is 254 g/mol. The molecule has 5 nitrogen and oxygen atoms in total. The van der Waals surface area contributed by atoms with Gasteiger partial charge in [0, 0.05) is 6.54 Å². The number of carbonyl (C=O) groups excluding carboxylic acids is 2. The zero-order valence-corrected chi connectivity index (χ0v) is 12.4. The molecule has 0 spiro atoms. The van der Waals surface area contributed by atoms with Gasteiger partial charge in [-0.3, -0.25) is 9.59 Å². The van der Waals surface area contributed by atoms with E-state index in [1.54, 1.807) is 0 Å². The van der Waals surface area contributed by atoms with Crippen LogP contribution in [0.2, 0.25) is 0 Å². The van der Waals surface area contributed by atoms with E-state index in [1.165, 1.54) is 4.90 Å². The topological polar surface area (TPSA) is 87.2 Å². The normalized spacial score (nSPS) is 17.8. The Morgan fingerprint density at radius 1 is 1.25 bits per heavy atom. The molecule has 2 N–H and O–H groups in total. The summed E-state index contributed by atoms with van der Waals surface area (Å²) in [6, 6.07) is 2.24. The second-order valence-electron chi connectivity index (χ2n) is 5.65. The zero-order chi connectivity index (χ0) is 15.0. The van der Waals surface area contributed by atoms with Gasteiger partial charge in [0.1, 0.15) is 5.41 Å². The van der Waals surface area contributed by atoms with Gasteiger partial charge in [0.25, 0.3) is 0 Å². The summed E-state index contributed by atoms with van der Waals surface area (Å²) in [5, 5.41) is 9.53. The van der Waals surface area contributed by atoms with Crippen molar-refractivity contribution in [2.75, 3.05) is 13.1 Å². The number of hydrogen-bond donors (Lipinski definition) is 1. The number of nitrogens with two attached hydrogens (primary N) is 1. The van der Waals surface area contributed by atoms with Crippen molar-refractivity contribution in [1.29, 1.82) is 5.26 Å². The third kappa shape index (κ3) is 4.22. The third-order valence-electron chi connectivity index (χ3n) is 4.00. The molecule has 0 bridgehead atoms. The number of nitrogens with zero attached hydrogens (tertiary/aromatic N) is 2. The smallest absolute Gasteiger partial charge is 0.243 e. The summed E-state index contributed by atoms with van der Waals surface area (Å²) in [5.41, 5.74) is 4.29. The number of primary amides is 1. The lowest BCUT2D eigenvalue weighted by atomic mass is 9.80. The molecule has 0 aromatic carbocycles. The minimum absolute atomic E-state index is 0.0811. The molecule has 0 saturated heterocycles. The van der Waals surface area contributed by atoms with Crippen molar-refractivity contribution in [3.8, 4) is 6.07 Å². The molecule has 112 valence electrons. The molecule has 0 unspecified atom stereocenters. The molecule has 1 fully saturated rings. The van der Waals surface area contributed by atoms with Crippen molar-refractivity contribution >= 4 is 11.8 Å². The van der Waals surface area contributed by atoms with E-state index in [0.717, 1.165) is 38.5 Å². The minimum atomic E-state index is -0.945. The van der Waals surface area contributed by atoms with E-state index in [2.05, 4.69) is 6.07 Å². The molecule has 0 atom stereocenters. The maximum absolute atomic E-state index is 12.7. The lowest BCUT2D eigenvalue weighted by Gasteiger charge is -2.31. The highest BCUT2D eigenvalue weighted by Crippen LogP contribution is 2.36. The second kappa shape index (κ2) is 7.88. The van der Waals surface area contributed by atoms with E-state index < -0.39 is 11.3 Å². The maximum Gasteiger partial charge on any atom is 0.243 e. The van der Waals surface area contributed by atoms with Crippen molar-refractivity contribution in [2.24, 2.45) is 11.1 Å². The lowest BCUT2D eigenvalue weighted by Crippen LogP contribution is -2.47. The van der Waals surface area contributed by atoms with Gasteiger partial charge in [0.2, 0.25) is 11.8 Å². The van der Waals surface area contributed by atoms with Crippen LogP contribution in [-0.4, -0.2) is 29.8 Å². The Bertz CT molecular complexity index is 379. The van der Waals surface area contributed by atoms with Crippen molar-refractivity contribution in [2.45, 2.75) is 58.3 Å². The van der Waals surface area contributed by atoms with Crippen molar-refractivity contribution in [3.63, 3.8) is 0 Å². The lowest BCUT2D eigenvalue weighted by molar-refractivity contribution is -0.142. The molecular formula is C15H25N3O2.